The second-order valence-corrected chi connectivity index (χ2v) is 4.82. The first-order valence-electron chi connectivity index (χ1n) is 6.76. The molecule has 2 aromatic rings. The number of ether oxygens (including phenoxy) is 2. The SMILES string of the molecule is CCCc1cc2cc3c(cc2nc1N)OCCCO3. The molecule has 1 aliphatic rings. The van der Waals surface area contributed by atoms with Crippen molar-refractivity contribution in [3.05, 3.63) is 23.8 Å². The van der Waals surface area contributed by atoms with Gasteiger partial charge in [-0.05, 0) is 24.1 Å². The van der Waals surface area contributed by atoms with Crippen LogP contribution in [0.2, 0.25) is 0 Å². The molecule has 0 radical (unpaired) electrons. The zero-order valence-corrected chi connectivity index (χ0v) is 11.1. The van der Waals surface area contributed by atoms with E-state index in [9.17, 15) is 0 Å². The number of hydrogen-bond acceptors (Lipinski definition) is 4. The van der Waals surface area contributed by atoms with Gasteiger partial charge >= 0.3 is 0 Å². The van der Waals surface area contributed by atoms with Gasteiger partial charge in [-0.3, -0.25) is 0 Å². The summed E-state index contributed by atoms with van der Waals surface area (Å²) in [6.07, 6.45) is 2.91. The highest BCUT2D eigenvalue weighted by Crippen LogP contribution is 2.34. The van der Waals surface area contributed by atoms with Gasteiger partial charge in [-0.2, -0.15) is 0 Å². The van der Waals surface area contributed by atoms with Crippen molar-refractivity contribution in [1.29, 1.82) is 0 Å². The molecule has 3 rings (SSSR count). The molecule has 1 aliphatic heterocycles. The maximum Gasteiger partial charge on any atom is 0.163 e. The van der Waals surface area contributed by atoms with Crippen LogP contribution in [-0.4, -0.2) is 18.2 Å². The summed E-state index contributed by atoms with van der Waals surface area (Å²) in [4.78, 5) is 4.48. The maximum absolute atomic E-state index is 6.00. The average Bonchev–Trinajstić information content (AvgIpc) is 2.62. The Labute approximate surface area is 112 Å². The highest BCUT2D eigenvalue weighted by molar-refractivity contribution is 5.85. The molecule has 1 aromatic carbocycles. The minimum atomic E-state index is 0.615. The van der Waals surface area contributed by atoms with Gasteiger partial charge in [-0.15, -0.1) is 0 Å². The third-order valence-corrected chi connectivity index (χ3v) is 3.32. The van der Waals surface area contributed by atoms with Crippen LogP contribution in [0.3, 0.4) is 0 Å². The van der Waals surface area contributed by atoms with Gasteiger partial charge < -0.3 is 15.2 Å². The van der Waals surface area contributed by atoms with Crippen LogP contribution in [0.15, 0.2) is 18.2 Å². The summed E-state index contributed by atoms with van der Waals surface area (Å²) in [6.45, 7) is 3.52. The van der Waals surface area contributed by atoms with E-state index in [2.05, 4.69) is 18.0 Å². The highest BCUT2D eigenvalue weighted by Gasteiger charge is 2.13. The number of nitrogen functional groups attached to an aromatic ring is 1. The quantitative estimate of drug-likeness (QED) is 0.899. The molecule has 0 bridgehead atoms. The number of hydrogen-bond donors (Lipinski definition) is 1. The lowest BCUT2D eigenvalue weighted by atomic mass is 10.1. The van der Waals surface area contributed by atoms with E-state index in [4.69, 9.17) is 15.2 Å². The van der Waals surface area contributed by atoms with Crippen molar-refractivity contribution >= 4 is 16.7 Å². The largest absolute Gasteiger partial charge is 0.490 e. The van der Waals surface area contributed by atoms with Crippen LogP contribution in [0.1, 0.15) is 25.3 Å². The van der Waals surface area contributed by atoms with Crippen LogP contribution in [0, 0.1) is 0 Å². The lowest BCUT2D eigenvalue weighted by Crippen LogP contribution is -1.99. The van der Waals surface area contributed by atoms with Gasteiger partial charge in [0.1, 0.15) is 5.82 Å². The molecule has 0 spiro atoms. The molecule has 0 atom stereocenters. The minimum Gasteiger partial charge on any atom is -0.490 e. The summed E-state index contributed by atoms with van der Waals surface area (Å²) in [5.41, 5.74) is 7.96. The molecule has 0 fully saturated rings. The first-order chi connectivity index (χ1) is 9.28. The number of rotatable bonds is 2. The molecular weight excluding hydrogens is 240 g/mol. The Morgan fingerprint density at radius 2 is 1.89 bits per heavy atom. The molecule has 19 heavy (non-hydrogen) atoms. The smallest absolute Gasteiger partial charge is 0.163 e. The Morgan fingerprint density at radius 3 is 2.63 bits per heavy atom. The van der Waals surface area contributed by atoms with Gasteiger partial charge in [0.2, 0.25) is 0 Å². The van der Waals surface area contributed by atoms with Gasteiger partial charge in [-0.1, -0.05) is 13.3 Å². The second-order valence-electron chi connectivity index (χ2n) is 4.82. The van der Waals surface area contributed by atoms with Gasteiger partial charge in [0, 0.05) is 17.9 Å². The van der Waals surface area contributed by atoms with Crippen LogP contribution in [0.25, 0.3) is 10.9 Å². The molecule has 1 aromatic heterocycles. The second kappa shape index (κ2) is 4.96. The number of nitrogens with two attached hydrogens (primary N) is 1. The number of anilines is 1. The first kappa shape index (κ1) is 12.1. The van der Waals surface area contributed by atoms with Crippen LogP contribution in [0.5, 0.6) is 11.5 Å². The van der Waals surface area contributed by atoms with Crippen molar-refractivity contribution in [3.63, 3.8) is 0 Å². The maximum atomic E-state index is 6.00. The van der Waals surface area contributed by atoms with Crippen LogP contribution >= 0.6 is 0 Å². The fraction of sp³-hybridized carbons (Fsp3) is 0.400. The Kier molecular flexibility index (Phi) is 3.15. The van der Waals surface area contributed by atoms with Gasteiger partial charge in [0.05, 0.1) is 18.7 Å². The van der Waals surface area contributed by atoms with Gasteiger partial charge in [0.25, 0.3) is 0 Å². The summed E-state index contributed by atoms with van der Waals surface area (Å²) in [5.74, 6) is 2.18. The number of pyridine rings is 1. The molecule has 0 unspecified atom stereocenters. The van der Waals surface area contributed by atoms with Gasteiger partial charge in [-0.25, -0.2) is 4.98 Å². The minimum absolute atomic E-state index is 0.615. The molecule has 0 saturated heterocycles. The number of benzene rings is 1. The third kappa shape index (κ3) is 2.30. The van der Waals surface area contributed by atoms with Gasteiger partial charge in [0.15, 0.2) is 11.5 Å². The highest BCUT2D eigenvalue weighted by atomic mass is 16.5. The summed E-state index contributed by atoms with van der Waals surface area (Å²) in [6, 6.07) is 6.03. The fourth-order valence-corrected chi connectivity index (χ4v) is 2.36. The van der Waals surface area contributed by atoms with E-state index < -0.39 is 0 Å². The molecule has 100 valence electrons. The molecule has 0 saturated carbocycles. The topological polar surface area (TPSA) is 57.4 Å². The van der Waals surface area contributed by atoms with Crippen molar-refractivity contribution in [2.24, 2.45) is 0 Å². The van der Waals surface area contributed by atoms with Crippen LogP contribution in [-0.2, 0) is 6.42 Å². The van der Waals surface area contributed by atoms with Crippen molar-refractivity contribution in [1.82, 2.24) is 4.98 Å². The van der Waals surface area contributed by atoms with Crippen LogP contribution < -0.4 is 15.2 Å². The Morgan fingerprint density at radius 1 is 1.16 bits per heavy atom. The zero-order valence-electron chi connectivity index (χ0n) is 11.1. The number of aromatic nitrogens is 1. The average molecular weight is 258 g/mol. The normalized spacial score (nSPS) is 14.4. The molecule has 2 N–H and O–H groups in total. The summed E-state index contributed by atoms with van der Waals surface area (Å²) >= 11 is 0. The summed E-state index contributed by atoms with van der Waals surface area (Å²) < 4.78 is 11.4. The third-order valence-electron chi connectivity index (χ3n) is 3.32. The Bertz CT molecular complexity index is 611. The summed E-state index contributed by atoms with van der Waals surface area (Å²) in [7, 11) is 0. The molecule has 0 amide bonds. The van der Waals surface area contributed by atoms with Crippen molar-refractivity contribution < 1.29 is 9.47 Å². The Balaban J connectivity index is 2.12. The summed E-state index contributed by atoms with van der Waals surface area (Å²) in [5, 5.41) is 1.06. The molecule has 4 heteroatoms. The predicted molar refractivity (Wildman–Crippen MR) is 75.8 cm³/mol. The van der Waals surface area contributed by atoms with E-state index in [1.54, 1.807) is 0 Å². The molecule has 0 aliphatic carbocycles. The van der Waals surface area contributed by atoms with Crippen LogP contribution in [0.4, 0.5) is 5.82 Å². The number of aryl methyl sites for hydroxylation is 1. The first-order valence-corrected chi connectivity index (χ1v) is 6.76. The van der Waals surface area contributed by atoms with E-state index in [0.29, 0.717) is 19.0 Å². The zero-order chi connectivity index (χ0) is 13.2. The van der Waals surface area contributed by atoms with E-state index in [-0.39, 0.29) is 0 Å². The number of nitrogens with zero attached hydrogens (tertiary/aromatic N) is 1. The van der Waals surface area contributed by atoms with Crippen molar-refractivity contribution in [3.8, 4) is 11.5 Å². The molecular formula is C15H18N2O2. The van der Waals surface area contributed by atoms with E-state index in [1.165, 1.54) is 0 Å². The lowest BCUT2D eigenvalue weighted by molar-refractivity contribution is 0.297. The number of fused-ring (bicyclic) bond motifs is 2. The van der Waals surface area contributed by atoms with Crippen molar-refractivity contribution in [2.75, 3.05) is 18.9 Å². The van der Waals surface area contributed by atoms with Crippen molar-refractivity contribution in [2.45, 2.75) is 26.2 Å². The monoisotopic (exact) mass is 258 g/mol. The lowest BCUT2D eigenvalue weighted by Gasteiger charge is -2.11. The Hall–Kier alpha value is -1.97. The standard InChI is InChI=1S/C15H18N2O2/c1-2-4-10-7-11-8-13-14(19-6-3-5-18-13)9-12(11)17-15(10)16/h7-9H,2-6H2,1H3,(H2,16,17). The predicted octanol–water partition coefficient (Wildman–Crippen LogP) is 2.93. The van der Waals surface area contributed by atoms with E-state index >= 15 is 0 Å². The molecule has 2 heterocycles. The van der Waals surface area contributed by atoms with E-state index in [0.717, 1.165) is 47.2 Å². The fourth-order valence-electron chi connectivity index (χ4n) is 2.36. The molecule has 4 nitrogen and oxygen atoms in total. The van der Waals surface area contributed by atoms with E-state index in [1.807, 2.05) is 12.1 Å².